The number of hydrogen-bond donors (Lipinski definition) is 0. The van der Waals surface area contributed by atoms with Crippen molar-refractivity contribution in [3.8, 4) is 0 Å². The molecule has 0 N–H and O–H groups in total. The summed E-state index contributed by atoms with van der Waals surface area (Å²) in [4.78, 5) is 6.71. The number of likely N-dealkylation sites (tertiary alicyclic amines) is 1. The fourth-order valence-corrected chi connectivity index (χ4v) is 3.06. The summed E-state index contributed by atoms with van der Waals surface area (Å²) >= 11 is 0. The second kappa shape index (κ2) is 5.83. The molecule has 2 unspecified atom stereocenters. The third-order valence-electron chi connectivity index (χ3n) is 3.88. The van der Waals surface area contributed by atoms with Gasteiger partial charge in [-0.25, -0.2) is 4.39 Å². The van der Waals surface area contributed by atoms with E-state index in [1.165, 1.54) is 24.3 Å². The molecule has 1 aliphatic heterocycles. The van der Waals surface area contributed by atoms with Gasteiger partial charge in [0, 0.05) is 24.5 Å². The lowest BCUT2D eigenvalue weighted by molar-refractivity contribution is 0.227. The molecule has 0 aromatic carbocycles. The van der Waals surface area contributed by atoms with E-state index in [1.54, 1.807) is 6.07 Å². The van der Waals surface area contributed by atoms with Crippen molar-refractivity contribution < 1.29 is 4.39 Å². The summed E-state index contributed by atoms with van der Waals surface area (Å²) in [6.45, 7) is 9.60. The van der Waals surface area contributed by atoms with E-state index in [4.69, 9.17) is 0 Å². The second-order valence-corrected chi connectivity index (χ2v) is 5.27. The van der Waals surface area contributed by atoms with Crippen LogP contribution < -0.4 is 0 Å². The summed E-state index contributed by atoms with van der Waals surface area (Å²) in [6.07, 6.45) is 4.82. The SMILES string of the molecule is CC.CC(C)N1CC2CC1C=C2c1ccc(F)cn1. The molecule has 0 radical (unpaired) electrons. The molecular weight excluding hydrogens is 239 g/mol. The van der Waals surface area contributed by atoms with Crippen LogP contribution in [0.3, 0.4) is 0 Å². The number of halogens is 1. The maximum atomic E-state index is 12.8. The number of aromatic nitrogens is 1. The van der Waals surface area contributed by atoms with Gasteiger partial charge in [-0.15, -0.1) is 0 Å². The fourth-order valence-electron chi connectivity index (χ4n) is 3.06. The molecule has 2 heterocycles. The molecule has 1 aliphatic carbocycles. The molecule has 3 rings (SSSR count). The molecule has 104 valence electrons. The Morgan fingerprint density at radius 2 is 2.05 bits per heavy atom. The first-order valence-corrected chi connectivity index (χ1v) is 7.24. The van der Waals surface area contributed by atoms with Crippen molar-refractivity contribution >= 4 is 5.57 Å². The maximum Gasteiger partial charge on any atom is 0.141 e. The van der Waals surface area contributed by atoms with Crippen molar-refractivity contribution in [1.29, 1.82) is 0 Å². The smallest absolute Gasteiger partial charge is 0.141 e. The van der Waals surface area contributed by atoms with E-state index in [-0.39, 0.29) is 5.82 Å². The molecule has 1 aromatic rings. The highest BCUT2D eigenvalue weighted by atomic mass is 19.1. The molecule has 0 spiro atoms. The van der Waals surface area contributed by atoms with Crippen molar-refractivity contribution in [1.82, 2.24) is 9.88 Å². The molecule has 1 aromatic heterocycles. The first-order chi connectivity index (χ1) is 9.15. The van der Waals surface area contributed by atoms with Gasteiger partial charge in [0.15, 0.2) is 0 Å². The lowest BCUT2D eigenvalue weighted by atomic mass is 9.99. The summed E-state index contributed by atoms with van der Waals surface area (Å²) in [5.74, 6) is 0.321. The van der Waals surface area contributed by atoms with Gasteiger partial charge in [-0.3, -0.25) is 9.88 Å². The highest BCUT2D eigenvalue weighted by Gasteiger charge is 2.40. The topological polar surface area (TPSA) is 16.1 Å². The zero-order valence-electron chi connectivity index (χ0n) is 12.2. The third-order valence-corrected chi connectivity index (χ3v) is 3.88. The monoisotopic (exact) mass is 262 g/mol. The van der Waals surface area contributed by atoms with Crippen LogP contribution in [0.5, 0.6) is 0 Å². The van der Waals surface area contributed by atoms with Crippen LogP contribution in [-0.2, 0) is 0 Å². The summed E-state index contributed by atoms with van der Waals surface area (Å²) < 4.78 is 12.8. The molecule has 2 bridgehead atoms. The average Bonchev–Trinajstić information content (AvgIpc) is 3.01. The van der Waals surface area contributed by atoms with Crippen LogP contribution in [0, 0.1) is 11.7 Å². The van der Waals surface area contributed by atoms with E-state index in [0.717, 1.165) is 12.2 Å². The number of hydrogen-bond acceptors (Lipinski definition) is 2. The Hall–Kier alpha value is -1.22. The zero-order chi connectivity index (χ0) is 14.0. The van der Waals surface area contributed by atoms with Crippen molar-refractivity contribution in [3.63, 3.8) is 0 Å². The largest absolute Gasteiger partial charge is 0.294 e. The highest BCUT2D eigenvalue weighted by molar-refractivity contribution is 5.69. The number of nitrogens with zero attached hydrogens (tertiary/aromatic N) is 2. The van der Waals surface area contributed by atoms with Gasteiger partial charge >= 0.3 is 0 Å². The quantitative estimate of drug-likeness (QED) is 0.807. The van der Waals surface area contributed by atoms with E-state index in [0.29, 0.717) is 18.0 Å². The van der Waals surface area contributed by atoms with E-state index >= 15 is 0 Å². The van der Waals surface area contributed by atoms with Crippen LogP contribution in [-0.4, -0.2) is 28.5 Å². The van der Waals surface area contributed by atoms with Crippen LogP contribution in [0.1, 0.15) is 39.8 Å². The van der Waals surface area contributed by atoms with Crippen LogP contribution in [0.25, 0.3) is 5.57 Å². The first kappa shape index (κ1) is 14.2. The van der Waals surface area contributed by atoms with Crippen LogP contribution in [0.15, 0.2) is 24.4 Å². The van der Waals surface area contributed by atoms with Gasteiger partial charge in [0.1, 0.15) is 5.82 Å². The summed E-state index contributed by atoms with van der Waals surface area (Å²) in [5, 5.41) is 0. The molecule has 1 saturated heterocycles. The molecule has 0 amide bonds. The van der Waals surface area contributed by atoms with Gasteiger partial charge in [0.25, 0.3) is 0 Å². The standard InChI is InChI=1S/C14H17FN2.C2H6/c1-9(2)17-8-10-5-12(17)6-13(10)14-4-3-11(15)7-16-14;1-2/h3-4,6-7,9-10,12H,5,8H2,1-2H3;1-2H3. The lowest BCUT2D eigenvalue weighted by Gasteiger charge is -2.29. The van der Waals surface area contributed by atoms with E-state index < -0.39 is 0 Å². The Bertz CT molecular complexity index is 450. The predicted molar refractivity (Wildman–Crippen MR) is 77.3 cm³/mol. The van der Waals surface area contributed by atoms with E-state index in [1.807, 2.05) is 13.8 Å². The van der Waals surface area contributed by atoms with Crippen molar-refractivity contribution in [3.05, 3.63) is 35.9 Å². The molecule has 2 nitrogen and oxygen atoms in total. The number of pyridine rings is 1. The zero-order valence-corrected chi connectivity index (χ0v) is 12.2. The van der Waals surface area contributed by atoms with Gasteiger partial charge in [0.05, 0.1) is 11.9 Å². The summed E-state index contributed by atoms with van der Waals surface area (Å²) in [5.41, 5.74) is 2.26. The normalized spacial score (nSPS) is 25.3. The van der Waals surface area contributed by atoms with Crippen LogP contribution >= 0.6 is 0 Å². The Morgan fingerprint density at radius 1 is 1.32 bits per heavy atom. The van der Waals surface area contributed by atoms with Gasteiger partial charge in [-0.2, -0.15) is 0 Å². The molecule has 2 atom stereocenters. The van der Waals surface area contributed by atoms with Crippen LogP contribution in [0.4, 0.5) is 4.39 Å². The molecular formula is C16H23FN2. The Labute approximate surface area is 115 Å². The molecule has 3 heteroatoms. The minimum absolute atomic E-state index is 0.263. The first-order valence-electron chi connectivity index (χ1n) is 7.24. The minimum Gasteiger partial charge on any atom is -0.294 e. The van der Waals surface area contributed by atoms with Gasteiger partial charge in [-0.05, 0) is 38.0 Å². The van der Waals surface area contributed by atoms with Crippen molar-refractivity contribution in [2.24, 2.45) is 5.92 Å². The van der Waals surface area contributed by atoms with Gasteiger partial charge < -0.3 is 0 Å². The molecule has 2 aliphatic rings. The van der Waals surface area contributed by atoms with Crippen molar-refractivity contribution in [2.45, 2.75) is 46.2 Å². The highest BCUT2D eigenvalue weighted by Crippen LogP contribution is 2.42. The van der Waals surface area contributed by atoms with Crippen LogP contribution in [0.2, 0.25) is 0 Å². The predicted octanol–water partition coefficient (Wildman–Crippen LogP) is 3.74. The van der Waals surface area contributed by atoms with Gasteiger partial charge in [-0.1, -0.05) is 19.9 Å². The molecule has 0 saturated carbocycles. The van der Waals surface area contributed by atoms with E-state index in [9.17, 15) is 4.39 Å². The Kier molecular flexibility index (Phi) is 4.35. The number of rotatable bonds is 2. The second-order valence-electron chi connectivity index (χ2n) is 5.27. The van der Waals surface area contributed by atoms with E-state index in [2.05, 4.69) is 29.8 Å². The summed E-state index contributed by atoms with van der Waals surface area (Å²) in [7, 11) is 0. The van der Waals surface area contributed by atoms with Crippen molar-refractivity contribution in [2.75, 3.05) is 6.54 Å². The number of fused-ring (bicyclic) bond motifs is 2. The molecule has 1 fully saturated rings. The Balaban J connectivity index is 0.000000637. The minimum atomic E-state index is -0.263. The molecule has 19 heavy (non-hydrogen) atoms. The lowest BCUT2D eigenvalue weighted by Crippen LogP contribution is -2.36. The average molecular weight is 262 g/mol. The Morgan fingerprint density at radius 3 is 2.53 bits per heavy atom. The van der Waals surface area contributed by atoms with Gasteiger partial charge in [0.2, 0.25) is 0 Å². The maximum absolute atomic E-state index is 12.8. The summed E-state index contributed by atoms with van der Waals surface area (Å²) in [6, 6.07) is 4.45. The third kappa shape index (κ3) is 2.71. The fraction of sp³-hybridized carbons (Fsp3) is 0.562.